The van der Waals surface area contributed by atoms with Crippen molar-refractivity contribution in [2.75, 3.05) is 10.8 Å². The van der Waals surface area contributed by atoms with Crippen molar-refractivity contribution in [3.05, 3.63) is 115 Å². The molecule has 0 radical (unpaired) electrons. The predicted molar refractivity (Wildman–Crippen MR) is 110 cm³/mol. The maximum absolute atomic E-state index is 2.51. The van der Waals surface area contributed by atoms with Crippen molar-refractivity contribution in [3.63, 3.8) is 0 Å². The summed E-state index contributed by atoms with van der Waals surface area (Å²) >= 11 is 0. The third kappa shape index (κ3) is 3.43. The van der Waals surface area contributed by atoms with Crippen LogP contribution >= 0.6 is 8.07 Å². The van der Waals surface area contributed by atoms with Crippen LogP contribution in [0.5, 0.6) is 0 Å². The summed E-state index contributed by atoms with van der Waals surface area (Å²) < 4.78 is 2.51. The number of hydrogen-bond donors (Lipinski definition) is 0. The number of para-hydroxylation sites is 2. The van der Waals surface area contributed by atoms with Gasteiger partial charge in [0.25, 0.3) is 0 Å². The van der Waals surface area contributed by atoms with Gasteiger partial charge in [-0.05, 0) is 29.8 Å². The maximum atomic E-state index is 2.51. The van der Waals surface area contributed by atoms with Crippen molar-refractivity contribution in [2.45, 2.75) is 0 Å². The molecule has 0 amide bonds. The molecule has 0 bridgehead atoms. The summed E-state index contributed by atoms with van der Waals surface area (Å²) in [4.78, 5) is 0. The van der Waals surface area contributed by atoms with E-state index in [2.05, 4.69) is 114 Å². The minimum Gasteiger partial charge on any atom is -0.315 e. The van der Waals surface area contributed by atoms with Crippen molar-refractivity contribution in [1.29, 1.82) is 0 Å². The number of rotatable bonds is 4. The van der Waals surface area contributed by atoms with Crippen LogP contribution in [-0.4, -0.2) is 6.16 Å². The number of allylic oxidation sites excluding steroid dienone is 3. The molecule has 0 aromatic heterocycles. The summed E-state index contributed by atoms with van der Waals surface area (Å²) in [6, 6.07) is 32.2. The largest absolute Gasteiger partial charge is 0.315 e. The molecule has 0 fully saturated rings. The Hall–Kier alpha value is -2.63. The molecule has 4 rings (SSSR count). The van der Waals surface area contributed by atoms with Crippen LogP contribution in [-0.2, 0) is 0 Å². The van der Waals surface area contributed by atoms with Gasteiger partial charge in [0.2, 0.25) is 0 Å². The van der Waals surface area contributed by atoms with Crippen molar-refractivity contribution >= 4 is 24.8 Å². The van der Waals surface area contributed by atoms with Gasteiger partial charge in [-0.3, -0.25) is 0 Å². The Bertz CT molecular complexity index is 830. The fourth-order valence-electron chi connectivity index (χ4n) is 3.11. The highest BCUT2D eigenvalue weighted by Crippen LogP contribution is 2.59. The summed E-state index contributed by atoms with van der Waals surface area (Å²) in [7, 11) is -0.520. The second kappa shape index (κ2) is 7.51. The van der Waals surface area contributed by atoms with E-state index in [1.165, 1.54) is 22.3 Å². The zero-order valence-electron chi connectivity index (χ0n) is 14.0. The average Bonchev–Trinajstić information content (AvgIpc) is 2.71. The van der Waals surface area contributed by atoms with Crippen molar-refractivity contribution < 1.29 is 0 Å². The molecule has 3 aromatic carbocycles. The van der Waals surface area contributed by atoms with E-state index in [9.17, 15) is 0 Å². The maximum Gasteiger partial charge on any atom is 0.0450 e. The fourth-order valence-corrected chi connectivity index (χ4v) is 5.54. The van der Waals surface area contributed by atoms with E-state index in [1.54, 1.807) is 0 Å². The molecule has 0 aliphatic carbocycles. The molecule has 1 heterocycles. The summed E-state index contributed by atoms with van der Waals surface area (Å²) in [5.74, 6) is 0. The summed E-state index contributed by atoms with van der Waals surface area (Å²) in [6.07, 6.45) is 7.82. The second-order valence-corrected chi connectivity index (χ2v) is 7.96. The van der Waals surface area contributed by atoms with Gasteiger partial charge in [-0.2, -0.15) is 0 Å². The first-order valence-electron chi connectivity index (χ1n) is 8.53. The van der Waals surface area contributed by atoms with Crippen LogP contribution in [0.4, 0.5) is 11.4 Å². The molecule has 1 unspecified atom stereocenters. The first-order chi connectivity index (χ1) is 12.4. The standard InChI is InChI=1S/C23H20NP/c1-4-12-20(13-5-1)23-18-10-11-19-25(23)24(21-14-6-2-7-15-21)22-16-8-3-9-17-22/h1-18H,19H2. The molecule has 1 aliphatic rings. The molecule has 1 nitrogen and oxygen atoms in total. The Balaban J connectivity index is 1.82. The normalized spacial score (nSPS) is 16.3. The van der Waals surface area contributed by atoms with Crippen LogP contribution in [0.3, 0.4) is 0 Å². The Kier molecular flexibility index (Phi) is 4.77. The van der Waals surface area contributed by atoms with Gasteiger partial charge < -0.3 is 4.67 Å². The summed E-state index contributed by atoms with van der Waals surface area (Å²) in [5, 5.41) is 1.42. The molecule has 1 aliphatic heterocycles. The van der Waals surface area contributed by atoms with E-state index in [4.69, 9.17) is 0 Å². The zero-order chi connectivity index (χ0) is 16.9. The minimum absolute atomic E-state index is 0.520. The predicted octanol–water partition coefficient (Wildman–Crippen LogP) is 6.83. The molecule has 0 N–H and O–H groups in total. The van der Waals surface area contributed by atoms with Gasteiger partial charge >= 0.3 is 0 Å². The van der Waals surface area contributed by atoms with E-state index in [-0.39, 0.29) is 0 Å². The van der Waals surface area contributed by atoms with Crippen LogP contribution in [0, 0.1) is 0 Å². The third-order valence-electron chi connectivity index (χ3n) is 4.26. The summed E-state index contributed by atoms with van der Waals surface area (Å²) in [6.45, 7) is 0. The number of benzene rings is 3. The van der Waals surface area contributed by atoms with Crippen LogP contribution < -0.4 is 4.67 Å². The minimum atomic E-state index is -0.520. The molecule has 0 saturated heterocycles. The Morgan fingerprint density at radius 2 is 1.16 bits per heavy atom. The molecule has 3 aromatic rings. The number of anilines is 2. The molecular weight excluding hydrogens is 321 g/mol. The smallest absolute Gasteiger partial charge is 0.0450 e. The highest BCUT2D eigenvalue weighted by molar-refractivity contribution is 7.70. The molecular formula is C23H20NP. The van der Waals surface area contributed by atoms with Crippen LogP contribution in [0.15, 0.2) is 109 Å². The second-order valence-electron chi connectivity index (χ2n) is 5.91. The van der Waals surface area contributed by atoms with E-state index in [0.29, 0.717) is 0 Å². The van der Waals surface area contributed by atoms with Crippen LogP contribution in [0.1, 0.15) is 5.56 Å². The third-order valence-corrected chi connectivity index (χ3v) is 6.72. The Labute approximate surface area is 150 Å². The number of hydrogen-bond acceptors (Lipinski definition) is 1. The molecule has 0 spiro atoms. The van der Waals surface area contributed by atoms with Gasteiger partial charge in [0.15, 0.2) is 0 Å². The average molecular weight is 341 g/mol. The lowest BCUT2D eigenvalue weighted by Crippen LogP contribution is -2.13. The molecule has 1 atom stereocenters. The SMILES string of the molecule is C1=CCP(N(c2ccccc2)c2ccccc2)C(c2ccccc2)=C1. The molecule has 25 heavy (non-hydrogen) atoms. The summed E-state index contributed by atoms with van der Waals surface area (Å²) in [5.41, 5.74) is 3.81. The van der Waals surface area contributed by atoms with E-state index in [1.807, 2.05) is 0 Å². The van der Waals surface area contributed by atoms with Crippen molar-refractivity contribution in [2.24, 2.45) is 0 Å². The lowest BCUT2D eigenvalue weighted by molar-refractivity contribution is 1.40. The van der Waals surface area contributed by atoms with E-state index in [0.717, 1.165) is 6.16 Å². The quantitative estimate of drug-likeness (QED) is 0.470. The first-order valence-corrected chi connectivity index (χ1v) is 10.0. The van der Waals surface area contributed by atoms with Crippen molar-refractivity contribution in [3.8, 4) is 0 Å². The zero-order valence-corrected chi connectivity index (χ0v) is 14.9. The Morgan fingerprint density at radius 3 is 1.72 bits per heavy atom. The molecule has 122 valence electrons. The van der Waals surface area contributed by atoms with Crippen molar-refractivity contribution in [1.82, 2.24) is 0 Å². The Morgan fingerprint density at radius 1 is 0.640 bits per heavy atom. The van der Waals surface area contributed by atoms with E-state index >= 15 is 0 Å². The highest BCUT2D eigenvalue weighted by Gasteiger charge is 2.25. The lowest BCUT2D eigenvalue weighted by atomic mass is 10.2. The van der Waals surface area contributed by atoms with Gasteiger partial charge in [0.1, 0.15) is 0 Å². The topological polar surface area (TPSA) is 3.24 Å². The first kappa shape index (κ1) is 15.9. The van der Waals surface area contributed by atoms with Crippen LogP contribution in [0.25, 0.3) is 5.31 Å². The molecule has 2 heteroatoms. The lowest BCUT2D eigenvalue weighted by Gasteiger charge is -2.36. The van der Waals surface area contributed by atoms with E-state index < -0.39 is 8.07 Å². The van der Waals surface area contributed by atoms with Gasteiger partial charge in [-0.1, -0.05) is 85.0 Å². The van der Waals surface area contributed by atoms with Gasteiger partial charge in [0, 0.05) is 30.9 Å². The molecule has 0 saturated carbocycles. The number of nitrogens with zero attached hydrogens (tertiary/aromatic N) is 1. The van der Waals surface area contributed by atoms with Gasteiger partial charge in [-0.15, -0.1) is 0 Å². The fraction of sp³-hybridized carbons (Fsp3) is 0.0435. The van der Waals surface area contributed by atoms with Crippen LogP contribution in [0.2, 0.25) is 0 Å². The van der Waals surface area contributed by atoms with Gasteiger partial charge in [0.05, 0.1) is 0 Å². The van der Waals surface area contributed by atoms with Gasteiger partial charge in [-0.25, -0.2) is 0 Å². The highest BCUT2D eigenvalue weighted by atomic mass is 31.1. The monoisotopic (exact) mass is 341 g/mol.